The standard InChI is InChI=1S/C21H20BrFN2O2/c22-17-3-6-19-16(13-17)9-12-25(19)21(27)15-7-10-24(11-8-15)20(26)14-1-4-18(23)5-2-14/h1-6,13,15H,7-12H2. The second-order valence-corrected chi connectivity index (χ2v) is 8.00. The highest BCUT2D eigenvalue weighted by Crippen LogP contribution is 2.33. The van der Waals surface area contributed by atoms with Gasteiger partial charge in [-0.2, -0.15) is 0 Å². The molecule has 0 aliphatic carbocycles. The maximum absolute atomic E-state index is 13.0. The van der Waals surface area contributed by atoms with Crippen LogP contribution in [0.15, 0.2) is 46.9 Å². The first-order valence-electron chi connectivity index (χ1n) is 9.17. The van der Waals surface area contributed by atoms with Crippen LogP contribution in [0.3, 0.4) is 0 Å². The number of anilines is 1. The Morgan fingerprint density at radius 2 is 1.70 bits per heavy atom. The third-order valence-corrected chi connectivity index (χ3v) is 5.92. The average molecular weight is 431 g/mol. The summed E-state index contributed by atoms with van der Waals surface area (Å²) in [6.07, 6.45) is 2.20. The second kappa shape index (κ2) is 7.43. The number of likely N-dealkylation sites (tertiary alicyclic amines) is 1. The maximum atomic E-state index is 13.0. The van der Waals surface area contributed by atoms with Crippen molar-refractivity contribution in [2.75, 3.05) is 24.5 Å². The Bertz CT molecular complexity index is 876. The van der Waals surface area contributed by atoms with Crippen molar-refractivity contribution < 1.29 is 14.0 Å². The molecule has 2 heterocycles. The molecule has 2 aliphatic heterocycles. The normalized spacial score (nSPS) is 17.1. The van der Waals surface area contributed by atoms with Gasteiger partial charge < -0.3 is 9.80 Å². The molecule has 0 aromatic heterocycles. The first-order chi connectivity index (χ1) is 13.0. The van der Waals surface area contributed by atoms with Crippen LogP contribution in [0, 0.1) is 11.7 Å². The van der Waals surface area contributed by atoms with Crippen molar-refractivity contribution in [2.24, 2.45) is 5.92 Å². The number of hydrogen-bond acceptors (Lipinski definition) is 2. The van der Waals surface area contributed by atoms with E-state index in [2.05, 4.69) is 22.0 Å². The molecule has 0 N–H and O–H groups in total. The summed E-state index contributed by atoms with van der Waals surface area (Å²) in [7, 11) is 0. The summed E-state index contributed by atoms with van der Waals surface area (Å²) in [5.41, 5.74) is 2.69. The number of halogens is 2. The van der Waals surface area contributed by atoms with Gasteiger partial charge in [-0.25, -0.2) is 4.39 Å². The molecule has 0 spiro atoms. The molecule has 2 amide bonds. The van der Waals surface area contributed by atoms with Crippen LogP contribution in [0.1, 0.15) is 28.8 Å². The third-order valence-electron chi connectivity index (χ3n) is 5.43. The molecule has 1 saturated heterocycles. The summed E-state index contributed by atoms with van der Waals surface area (Å²) in [4.78, 5) is 29.2. The lowest BCUT2D eigenvalue weighted by Gasteiger charge is -2.33. The minimum Gasteiger partial charge on any atom is -0.339 e. The maximum Gasteiger partial charge on any atom is 0.253 e. The Hall–Kier alpha value is -2.21. The Morgan fingerprint density at radius 3 is 2.41 bits per heavy atom. The van der Waals surface area contributed by atoms with E-state index in [1.807, 2.05) is 17.0 Å². The van der Waals surface area contributed by atoms with Gasteiger partial charge >= 0.3 is 0 Å². The third kappa shape index (κ3) is 3.63. The largest absolute Gasteiger partial charge is 0.339 e. The zero-order valence-corrected chi connectivity index (χ0v) is 16.4. The van der Waals surface area contributed by atoms with E-state index >= 15 is 0 Å². The first-order valence-corrected chi connectivity index (χ1v) is 9.97. The summed E-state index contributed by atoms with van der Waals surface area (Å²) in [5, 5.41) is 0. The van der Waals surface area contributed by atoms with Crippen molar-refractivity contribution in [1.29, 1.82) is 0 Å². The van der Waals surface area contributed by atoms with Crippen molar-refractivity contribution in [3.63, 3.8) is 0 Å². The monoisotopic (exact) mass is 430 g/mol. The summed E-state index contributed by atoms with van der Waals surface area (Å²) in [5.74, 6) is -0.354. The van der Waals surface area contributed by atoms with Gasteiger partial charge in [0.25, 0.3) is 5.91 Å². The fraction of sp³-hybridized carbons (Fsp3) is 0.333. The number of rotatable bonds is 2. The van der Waals surface area contributed by atoms with Crippen molar-refractivity contribution in [1.82, 2.24) is 4.90 Å². The topological polar surface area (TPSA) is 40.6 Å². The van der Waals surface area contributed by atoms with Crippen LogP contribution in [0.25, 0.3) is 0 Å². The fourth-order valence-corrected chi connectivity index (χ4v) is 4.33. The number of amides is 2. The average Bonchev–Trinajstić information content (AvgIpc) is 3.10. The van der Waals surface area contributed by atoms with Crippen LogP contribution in [-0.4, -0.2) is 36.3 Å². The molecule has 0 radical (unpaired) electrons. The Kier molecular flexibility index (Phi) is 5.00. The molecular formula is C21H20BrFN2O2. The minimum atomic E-state index is -0.353. The van der Waals surface area contributed by atoms with Crippen LogP contribution in [0.4, 0.5) is 10.1 Å². The van der Waals surface area contributed by atoms with E-state index in [0.29, 0.717) is 31.5 Å². The van der Waals surface area contributed by atoms with Crippen molar-refractivity contribution in [3.05, 3.63) is 63.9 Å². The Labute approximate surface area is 166 Å². The van der Waals surface area contributed by atoms with Gasteiger partial charge in [0.15, 0.2) is 0 Å². The molecular weight excluding hydrogens is 411 g/mol. The van der Waals surface area contributed by atoms with E-state index < -0.39 is 0 Å². The number of carbonyl (C=O) groups is 2. The van der Waals surface area contributed by atoms with Gasteiger partial charge in [-0.15, -0.1) is 0 Å². The summed E-state index contributed by atoms with van der Waals surface area (Å²) < 4.78 is 14.1. The Balaban J connectivity index is 1.39. The SMILES string of the molecule is O=C(c1ccc(F)cc1)N1CCC(C(=O)N2CCc3cc(Br)ccc32)CC1. The van der Waals surface area contributed by atoms with Crippen LogP contribution < -0.4 is 4.90 Å². The van der Waals surface area contributed by atoms with E-state index in [9.17, 15) is 14.0 Å². The van der Waals surface area contributed by atoms with Gasteiger partial charge in [0.2, 0.25) is 5.91 Å². The first kappa shape index (κ1) is 18.2. The number of hydrogen-bond donors (Lipinski definition) is 0. The van der Waals surface area contributed by atoms with Crippen LogP contribution in [-0.2, 0) is 11.2 Å². The molecule has 2 aromatic carbocycles. The molecule has 4 nitrogen and oxygen atoms in total. The molecule has 2 aromatic rings. The molecule has 0 saturated carbocycles. The second-order valence-electron chi connectivity index (χ2n) is 7.09. The summed E-state index contributed by atoms with van der Waals surface area (Å²) in [6.45, 7) is 1.82. The number of piperidine rings is 1. The molecule has 0 atom stereocenters. The Morgan fingerprint density at radius 1 is 1.00 bits per heavy atom. The van der Waals surface area contributed by atoms with E-state index in [0.717, 1.165) is 23.1 Å². The van der Waals surface area contributed by atoms with Crippen LogP contribution in [0.2, 0.25) is 0 Å². The van der Waals surface area contributed by atoms with Gasteiger partial charge in [0.1, 0.15) is 5.82 Å². The van der Waals surface area contributed by atoms with Gasteiger partial charge in [0, 0.05) is 41.3 Å². The molecule has 0 unspecified atom stereocenters. The molecule has 6 heteroatoms. The van der Waals surface area contributed by atoms with E-state index in [1.165, 1.54) is 29.8 Å². The summed E-state index contributed by atoms with van der Waals surface area (Å²) >= 11 is 3.48. The van der Waals surface area contributed by atoms with E-state index in [-0.39, 0.29) is 23.5 Å². The van der Waals surface area contributed by atoms with E-state index in [4.69, 9.17) is 0 Å². The van der Waals surface area contributed by atoms with E-state index in [1.54, 1.807) is 4.90 Å². The van der Waals surface area contributed by atoms with Crippen molar-refractivity contribution in [2.45, 2.75) is 19.3 Å². The smallest absolute Gasteiger partial charge is 0.253 e. The highest BCUT2D eigenvalue weighted by atomic mass is 79.9. The van der Waals surface area contributed by atoms with Gasteiger partial charge in [0.05, 0.1) is 0 Å². The van der Waals surface area contributed by atoms with Gasteiger partial charge in [-0.05, 0) is 67.3 Å². The number of fused-ring (bicyclic) bond motifs is 1. The quantitative estimate of drug-likeness (QED) is 0.721. The molecule has 0 bridgehead atoms. The fourth-order valence-electron chi connectivity index (χ4n) is 3.92. The lowest BCUT2D eigenvalue weighted by atomic mass is 9.94. The highest BCUT2D eigenvalue weighted by molar-refractivity contribution is 9.10. The van der Waals surface area contributed by atoms with Crippen LogP contribution >= 0.6 is 15.9 Å². The molecule has 1 fully saturated rings. The van der Waals surface area contributed by atoms with Crippen molar-refractivity contribution in [3.8, 4) is 0 Å². The molecule has 2 aliphatic rings. The summed E-state index contributed by atoms with van der Waals surface area (Å²) in [6, 6.07) is 11.7. The van der Waals surface area contributed by atoms with Gasteiger partial charge in [-0.1, -0.05) is 15.9 Å². The highest BCUT2D eigenvalue weighted by Gasteiger charge is 2.33. The predicted octanol–water partition coefficient (Wildman–Crippen LogP) is 4.03. The lowest BCUT2D eigenvalue weighted by Crippen LogP contribution is -2.44. The molecule has 4 rings (SSSR count). The zero-order chi connectivity index (χ0) is 19.0. The van der Waals surface area contributed by atoms with Gasteiger partial charge in [-0.3, -0.25) is 9.59 Å². The number of carbonyl (C=O) groups excluding carboxylic acids is 2. The van der Waals surface area contributed by atoms with Crippen LogP contribution in [0.5, 0.6) is 0 Å². The predicted molar refractivity (Wildman–Crippen MR) is 105 cm³/mol. The number of nitrogens with zero attached hydrogens (tertiary/aromatic N) is 2. The van der Waals surface area contributed by atoms with Crippen molar-refractivity contribution >= 4 is 33.4 Å². The number of benzene rings is 2. The minimum absolute atomic E-state index is 0.0585. The molecule has 27 heavy (non-hydrogen) atoms. The molecule has 140 valence electrons. The zero-order valence-electron chi connectivity index (χ0n) is 14.8. The lowest BCUT2D eigenvalue weighted by molar-refractivity contribution is -0.123.